The molecule has 156 valence electrons. The van der Waals surface area contributed by atoms with Crippen LogP contribution in [0.25, 0.3) is 22.7 Å². The number of halogens is 4. The molecule has 13 heteroatoms. The summed E-state index contributed by atoms with van der Waals surface area (Å²) in [5, 5.41) is 7.80. The predicted octanol–water partition coefficient (Wildman–Crippen LogP) is 3.44. The van der Waals surface area contributed by atoms with Gasteiger partial charge >= 0.3 is 6.18 Å². The molecule has 0 atom stereocenters. The van der Waals surface area contributed by atoms with Gasteiger partial charge in [-0.15, -0.1) is 0 Å². The van der Waals surface area contributed by atoms with Gasteiger partial charge < -0.3 is 0 Å². The zero-order valence-electron chi connectivity index (χ0n) is 15.2. The van der Waals surface area contributed by atoms with E-state index in [9.17, 15) is 21.6 Å². The molecular weight excluding hydrogens is 445 g/mol. The van der Waals surface area contributed by atoms with Gasteiger partial charge in [0.05, 0.1) is 39.4 Å². The van der Waals surface area contributed by atoms with Gasteiger partial charge in [0.15, 0.2) is 21.2 Å². The van der Waals surface area contributed by atoms with Crippen LogP contribution < -0.4 is 0 Å². The lowest BCUT2D eigenvalue weighted by atomic mass is 10.2. The number of alkyl halides is 3. The summed E-state index contributed by atoms with van der Waals surface area (Å²) in [6, 6.07) is 3.49. The molecule has 4 heterocycles. The van der Waals surface area contributed by atoms with Gasteiger partial charge in [0, 0.05) is 18.5 Å². The van der Waals surface area contributed by atoms with Crippen molar-refractivity contribution in [3.63, 3.8) is 0 Å². The Bertz CT molecular complexity index is 1360. The highest BCUT2D eigenvalue weighted by atomic mass is 35.5. The van der Waals surface area contributed by atoms with E-state index in [0.29, 0.717) is 10.7 Å². The molecule has 0 aliphatic carbocycles. The number of hydrogen-bond acceptors (Lipinski definition) is 6. The summed E-state index contributed by atoms with van der Waals surface area (Å²) in [5.74, 6) is -0.210. The second-order valence-electron chi connectivity index (χ2n) is 6.19. The van der Waals surface area contributed by atoms with Gasteiger partial charge in [0.25, 0.3) is 0 Å². The summed E-state index contributed by atoms with van der Waals surface area (Å²) < 4.78 is 66.4. The minimum Gasteiger partial charge on any atom is -0.251 e. The van der Waals surface area contributed by atoms with Gasteiger partial charge in [0.2, 0.25) is 0 Å². The molecule has 0 aliphatic heterocycles. The van der Waals surface area contributed by atoms with Crippen molar-refractivity contribution in [2.75, 3.05) is 5.75 Å². The first-order valence-electron chi connectivity index (χ1n) is 8.46. The molecular formula is C17H12ClF3N6O2S. The Balaban J connectivity index is 1.89. The fourth-order valence-electron chi connectivity index (χ4n) is 2.74. The Labute approximate surface area is 172 Å². The molecule has 0 aromatic carbocycles. The van der Waals surface area contributed by atoms with Gasteiger partial charge in [-0.2, -0.15) is 23.4 Å². The summed E-state index contributed by atoms with van der Waals surface area (Å²) in [5.41, 5.74) is -0.747. The topological polar surface area (TPSA) is 95.0 Å². The molecule has 0 amide bonds. The Kier molecular flexibility index (Phi) is 4.77. The highest BCUT2D eigenvalue weighted by molar-refractivity contribution is 7.91. The van der Waals surface area contributed by atoms with E-state index in [1.54, 1.807) is 0 Å². The van der Waals surface area contributed by atoms with Gasteiger partial charge in [-0.05, 0) is 12.1 Å². The van der Waals surface area contributed by atoms with Crippen molar-refractivity contribution in [1.82, 2.24) is 29.4 Å². The van der Waals surface area contributed by atoms with Crippen molar-refractivity contribution < 1.29 is 21.6 Å². The lowest BCUT2D eigenvalue weighted by Crippen LogP contribution is -2.09. The molecule has 0 saturated heterocycles. The van der Waals surface area contributed by atoms with E-state index in [0.717, 1.165) is 10.6 Å². The quantitative estimate of drug-likeness (QED) is 0.467. The van der Waals surface area contributed by atoms with Crippen LogP contribution in [0.1, 0.15) is 12.6 Å². The largest absolute Gasteiger partial charge is 0.435 e. The molecule has 4 aromatic rings. The monoisotopic (exact) mass is 456 g/mol. The summed E-state index contributed by atoms with van der Waals surface area (Å²) in [7, 11) is -3.75. The number of pyridine rings is 1. The molecule has 0 bridgehead atoms. The van der Waals surface area contributed by atoms with E-state index in [1.807, 2.05) is 0 Å². The maximum atomic E-state index is 12.9. The van der Waals surface area contributed by atoms with Crippen LogP contribution >= 0.6 is 11.6 Å². The van der Waals surface area contributed by atoms with Gasteiger partial charge in [-0.3, -0.25) is 4.98 Å². The highest BCUT2D eigenvalue weighted by Gasteiger charge is 2.34. The van der Waals surface area contributed by atoms with E-state index in [-0.39, 0.29) is 27.7 Å². The van der Waals surface area contributed by atoms with E-state index in [4.69, 9.17) is 11.6 Å². The summed E-state index contributed by atoms with van der Waals surface area (Å²) in [6.45, 7) is 1.47. The van der Waals surface area contributed by atoms with Crippen LogP contribution in [-0.4, -0.2) is 43.5 Å². The Morgan fingerprint density at radius 1 is 1.20 bits per heavy atom. The molecule has 8 nitrogen and oxygen atoms in total. The zero-order chi connectivity index (χ0) is 21.7. The van der Waals surface area contributed by atoms with Crippen LogP contribution in [0, 0.1) is 0 Å². The lowest BCUT2D eigenvalue weighted by Gasteiger charge is -2.11. The molecule has 30 heavy (non-hydrogen) atoms. The third kappa shape index (κ3) is 3.63. The molecule has 0 spiro atoms. The van der Waals surface area contributed by atoms with Crippen LogP contribution in [0.4, 0.5) is 13.2 Å². The number of rotatable bonds is 4. The standard InChI is InChI=1S/C17H12ClF3N6O2S/c1-2-30(28,29)13-5-11(27-9-10(18)7-23-27)8-22-16(13)12-3-4-26-15(24-12)6-14(25-26)17(19,20)21/h3-9H,2H2,1H3. The fraction of sp³-hybridized carbons (Fsp3) is 0.176. The fourth-order valence-corrected chi connectivity index (χ4v) is 3.94. The first kappa shape index (κ1) is 20.3. The predicted molar refractivity (Wildman–Crippen MR) is 101 cm³/mol. The van der Waals surface area contributed by atoms with E-state index >= 15 is 0 Å². The molecule has 0 radical (unpaired) electrons. The van der Waals surface area contributed by atoms with Crippen LogP contribution in [0.5, 0.6) is 0 Å². The Hall–Kier alpha value is -2.99. The third-order valence-corrected chi connectivity index (χ3v) is 6.16. The number of fused-ring (bicyclic) bond motifs is 1. The van der Waals surface area contributed by atoms with E-state index < -0.39 is 21.7 Å². The third-order valence-electron chi connectivity index (χ3n) is 4.23. The van der Waals surface area contributed by atoms with Crippen molar-refractivity contribution in [3.8, 4) is 17.1 Å². The Morgan fingerprint density at radius 2 is 1.97 bits per heavy atom. The second-order valence-corrected chi connectivity index (χ2v) is 8.87. The molecule has 0 N–H and O–H groups in total. The molecule has 0 fully saturated rings. The van der Waals surface area contributed by atoms with E-state index in [2.05, 4.69) is 20.2 Å². The molecule has 0 unspecified atom stereocenters. The maximum absolute atomic E-state index is 12.9. The highest BCUT2D eigenvalue weighted by Crippen LogP contribution is 2.30. The maximum Gasteiger partial charge on any atom is 0.435 e. The van der Waals surface area contributed by atoms with Crippen LogP contribution in [0.15, 0.2) is 47.9 Å². The molecule has 4 rings (SSSR count). The Morgan fingerprint density at radius 3 is 2.60 bits per heavy atom. The van der Waals surface area contributed by atoms with Crippen molar-refractivity contribution in [1.29, 1.82) is 0 Å². The number of aromatic nitrogens is 6. The molecule has 0 aliphatic rings. The second kappa shape index (κ2) is 7.06. The number of sulfone groups is 1. The summed E-state index contributed by atoms with van der Waals surface area (Å²) in [6.07, 6.45) is 0.872. The van der Waals surface area contributed by atoms with Gasteiger partial charge in [0.1, 0.15) is 5.69 Å². The van der Waals surface area contributed by atoms with Crippen molar-refractivity contribution >= 4 is 27.1 Å². The SMILES string of the molecule is CCS(=O)(=O)c1cc(-n2cc(Cl)cn2)cnc1-c1ccn2nc(C(F)(F)F)cc2n1. The van der Waals surface area contributed by atoms with Gasteiger partial charge in [-0.1, -0.05) is 18.5 Å². The minimum absolute atomic E-state index is 0.0103. The van der Waals surface area contributed by atoms with Crippen molar-refractivity contribution in [3.05, 3.63) is 53.7 Å². The first-order chi connectivity index (χ1) is 14.1. The molecule has 0 saturated carbocycles. The normalized spacial score (nSPS) is 12.6. The average Bonchev–Trinajstić information content (AvgIpc) is 3.33. The average molecular weight is 457 g/mol. The summed E-state index contributed by atoms with van der Waals surface area (Å²) >= 11 is 5.86. The van der Waals surface area contributed by atoms with Crippen molar-refractivity contribution in [2.45, 2.75) is 18.0 Å². The minimum atomic E-state index is -4.63. The summed E-state index contributed by atoms with van der Waals surface area (Å²) in [4.78, 5) is 8.21. The van der Waals surface area contributed by atoms with Crippen LogP contribution in [-0.2, 0) is 16.0 Å². The van der Waals surface area contributed by atoms with E-state index in [1.165, 1.54) is 48.5 Å². The number of nitrogens with zero attached hydrogens (tertiary/aromatic N) is 6. The smallest absolute Gasteiger partial charge is 0.251 e. The number of hydrogen-bond donors (Lipinski definition) is 0. The van der Waals surface area contributed by atoms with Crippen LogP contribution in [0.3, 0.4) is 0 Å². The first-order valence-corrected chi connectivity index (χ1v) is 10.5. The zero-order valence-corrected chi connectivity index (χ0v) is 16.7. The lowest BCUT2D eigenvalue weighted by molar-refractivity contribution is -0.141. The van der Waals surface area contributed by atoms with Crippen LogP contribution in [0.2, 0.25) is 5.02 Å². The molecule has 4 aromatic heterocycles. The van der Waals surface area contributed by atoms with Gasteiger partial charge in [-0.25, -0.2) is 22.6 Å². The van der Waals surface area contributed by atoms with Crippen molar-refractivity contribution in [2.24, 2.45) is 0 Å².